The molecule has 6 heteroatoms. The lowest BCUT2D eigenvalue weighted by Crippen LogP contribution is -2.05. The molecule has 6 nitrogen and oxygen atoms in total. The Bertz CT molecular complexity index is 593. The maximum absolute atomic E-state index is 11.5. The molecule has 0 fully saturated rings. The van der Waals surface area contributed by atoms with Gasteiger partial charge in [-0.25, -0.2) is 4.79 Å². The van der Waals surface area contributed by atoms with Crippen molar-refractivity contribution in [3.8, 4) is 0 Å². The number of carbonyl (C=O) groups excluding carboxylic acids is 1. The van der Waals surface area contributed by atoms with Crippen LogP contribution >= 0.6 is 0 Å². The van der Waals surface area contributed by atoms with Crippen LogP contribution in [0.5, 0.6) is 0 Å². The van der Waals surface area contributed by atoms with Gasteiger partial charge in [0.15, 0.2) is 5.82 Å². The van der Waals surface area contributed by atoms with Gasteiger partial charge in [-0.05, 0) is 31.5 Å². The first-order chi connectivity index (χ1) is 9.10. The summed E-state index contributed by atoms with van der Waals surface area (Å²) < 4.78 is 9.70. The van der Waals surface area contributed by atoms with Gasteiger partial charge in [-0.3, -0.25) is 0 Å². The van der Waals surface area contributed by atoms with E-state index in [1.165, 1.54) is 7.11 Å². The quantitative estimate of drug-likeness (QED) is 0.849. The number of nitrogens with one attached hydrogen (secondary N) is 1. The average Bonchev–Trinajstić information content (AvgIpc) is 2.82. The molecule has 0 bridgehead atoms. The van der Waals surface area contributed by atoms with Crippen molar-refractivity contribution in [2.24, 2.45) is 0 Å². The Hall–Kier alpha value is -2.37. The molecule has 1 aromatic heterocycles. The standard InChI is InChI=1S/C13H15N3O3/c1-8-4-5-10(13(17)18-3)6-11(8)14-7-12-15-9(2)16-19-12/h4-6,14H,7H2,1-3H3. The summed E-state index contributed by atoms with van der Waals surface area (Å²) in [5.41, 5.74) is 2.35. The zero-order valence-electron chi connectivity index (χ0n) is 11.1. The van der Waals surface area contributed by atoms with E-state index in [0.29, 0.717) is 23.8 Å². The summed E-state index contributed by atoms with van der Waals surface area (Å²) in [5.74, 6) is 0.730. The average molecular weight is 261 g/mol. The number of hydrogen-bond donors (Lipinski definition) is 1. The van der Waals surface area contributed by atoms with Crippen molar-refractivity contribution in [1.29, 1.82) is 0 Å². The molecule has 0 radical (unpaired) electrons. The highest BCUT2D eigenvalue weighted by Gasteiger charge is 2.09. The van der Waals surface area contributed by atoms with Crippen LogP contribution in [0, 0.1) is 13.8 Å². The highest BCUT2D eigenvalue weighted by Crippen LogP contribution is 2.18. The monoisotopic (exact) mass is 261 g/mol. The summed E-state index contributed by atoms with van der Waals surface area (Å²) >= 11 is 0. The van der Waals surface area contributed by atoms with Gasteiger partial charge in [0.2, 0.25) is 5.89 Å². The number of carbonyl (C=O) groups is 1. The number of rotatable bonds is 4. The van der Waals surface area contributed by atoms with E-state index in [1.807, 2.05) is 13.0 Å². The Labute approximate surface area is 110 Å². The highest BCUT2D eigenvalue weighted by atomic mass is 16.5. The van der Waals surface area contributed by atoms with Gasteiger partial charge in [-0.15, -0.1) is 0 Å². The largest absolute Gasteiger partial charge is 0.465 e. The topological polar surface area (TPSA) is 77.2 Å². The Kier molecular flexibility index (Phi) is 3.79. The molecule has 0 aliphatic carbocycles. The molecule has 0 saturated carbocycles. The molecule has 0 unspecified atom stereocenters. The van der Waals surface area contributed by atoms with Crippen LogP contribution in [0.1, 0.15) is 27.6 Å². The molecule has 1 N–H and O–H groups in total. The van der Waals surface area contributed by atoms with E-state index in [-0.39, 0.29) is 5.97 Å². The molecule has 0 aliphatic rings. The second-order valence-electron chi connectivity index (χ2n) is 4.11. The first kappa shape index (κ1) is 13.1. The molecule has 100 valence electrons. The predicted molar refractivity (Wildman–Crippen MR) is 68.9 cm³/mol. The lowest BCUT2D eigenvalue weighted by molar-refractivity contribution is 0.0601. The lowest BCUT2D eigenvalue weighted by atomic mass is 10.1. The minimum absolute atomic E-state index is 0.364. The minimum Gasteiger partial charge on any atom is -0.465 e. The van der Waals surface area contributed by atoms with Gasteiger partial charge >= 0.3 is 5.97 Å². The van der Waals surface area contributed by atoms with E-state index in [0.717, 1.165) is 11.3 Å². The highest BCUT2D eigenvalue weighted by molar-refractivity contribution is 5.90. The third kappa shape index (κ3) is 3.09. The van der Waals surface area contributed by atoms with Gasteiger partial charge in [-0.2, -0.15) is 4.98 Å². The van der Waals surface area contributed by atoms with E-state index in [1.54, 1.807) is 19.1 Å². The molecule has 0 spiro atoms. The van der Waals surface area contributed by atoms with Gasteiger partial charge in [0.05, 0.1) is 19.2 Å². The summed E-state index contributed by atoms with van der Waals surface area (Å²) in [6.07, 6.45) is 0. The normalized spacial score (nSPS) is 10.3. The number of esters is 1. The first-order valence-corrected chi connectivity index (χ1v) is 5.82. The third-order valence-electron chi connectivity index (χ3n) is 2.66. The van der Waals surface area contributed by atoms with Crippen molar-refractivity contribution in [3.05, 3.63) is 41.0 Å². The molecular weight excluding hydrogens is 246 g/mol. The fourth-order valence-corrected chi connectivity index (χ4v) is 1.64. The van der Waals surface area contributed by atoms with Crippen molar-refractivity contribution < 1.29 is 14.1 Å². The summed E-state index contributed by atoms with van der Waals surface area (Å²) in [5, 5.41) is 6.87. The van der Waals surface area contributed by atoms with Crippen LogP contribution in [0.25, 0.3) is 0 Å². The molecule has 0 atom stereocenters. The molecule has 1 heterocycles. The van der Waals surface area contributed by atoms with Gasteiger partial charge < -0.3 is 14.6 Å². The van der Waals surface area contributed by atoms with Crippen molar-refractivity contribution in [1.82, 2.24) is 10.1 Å². The van der Waals surface area contributed by atoms with Crippen molar-refractivity contribution >= 4 is 11.7 Å². The van der Waals surface area contributed by atoms with Crippen LogP contribution < -0.4 is 5.32 Å². The summed E-state index contributed by atoms with van der Waals surface area (Å²) in [6.45, 7) is 4.12. The molecular formula is C13H15N3O3. The number of aryl methyl sites for hydroxylation is 2. The second kappa shape index (κ2) is 5.51. The fraction of sp³-hybridized carbons (Fsp3) is 0.308. The number of anilines is 1. The van der Waals surface area contributed by atoms with E-state index >= 15 is 0 Å². The minimum atomic E-state index is -0.364. The number of methoxy groups -OCH3 is 1. The third-order valence-corrected chi connectivity index (χ3v) is 2.66. The molecule has 0 saturated heterocycles. The predicted octanol–water partition coefficient (Wildman–Crippen LogP) is 2.09. The van der Waals surface area contributed by atoms with Crippen LogP contribution in [0.3, 0.4) is 0 Å². The van der Waals surface area contributed by atoms with Crippen LogP contribution in [0.15, 0.2) is 22.7 Å². The SMILES string of the molecule is COC(=O)c1ccc(C)c(NCc2nc(C)no2)c1. The van der Waals surface area contributed by atoms with Crippen molar-refractivity contribution in [2.75, 3.05) is 12.4 Å². The summed E-state index contributed by atoms with van der Waals surface area (Å²) in [7, 11) is 1.36. The van der Waals surface area contributed by atoms with Crippen LogP contribution in [-0.2, 0) is 11.3 Å². The van der Waals surface area contributed by atoms with Crippen molar-refractivity contribution in [2.45, 2.75) is 20.4 Å². The van der Waals surface area contributed by atoms with E-state index in [9.17, 15) is 4.79 Å². The smallest absolute Gasteiger partial charge is 0.337 e. The fourth-order valence-electron chi connectivity index (χ4n) is 1.64. The summed E-state index contributed by atoms with van der Waals surface area (Å²) in [4.78, 5) is 15.6. The van der Waals surface area contributed by atoms with Gasteiger partial charge in [0.1, 0.15) is 0 Å². The van der Waals surface area contributed by atoms with Gasteiger partial charge in [0.25, 0.3) is 0 Å². The van der Waals surface area contributed by atoms with Crippen molar-refractivity contribution in [3.63, 3.8) is 0 Å². The maximum Gasteiger partial charge on any atom is 0.337 e. The van der Waals surface area contributed by atoms with E-state index in [4.69, 9.17) is 4.52 Å². The zero-order valence-corrected chi connectivity index (χ0v) is 11.1. The number of aromatic nitrogens is 2. The Morgan fingerprint density at radius 3 is 2.84 bits per heavy atom. The van der Waals surface area contributed by atoms with Crippen LogP contribution in [-0.4, -0.2) is 23.2 Å². The Balaban J connectivity index is 2.12. The Morgan fingerprint density at radius 2 is 2.21 bits per heavy atom. The lowest BCUT2D eigenvalue weighted by Gasteiger charge is -2.09. The zero-order chi connectivity index (χ0) is 13.8. The molecule has 2 aromatic rings. The molecule has 0 amide bonds. The van der Waals surface area contributed by atoms with Gasteiger partial charge in [0, 0.05) is 5.69 Å². The number of nitrogens with zero attached hydrogens (tertiary/aromatic N) is 2. The van der Waals surface area contributed by atoms with E-state index < -0.39 is 0 Å². The molecule has 2 rings (SSSR count). The first-order valence-electron chi connectivity index (χ1n) is 5.82. The Morgan fingerprint density at radius 1 is 1.42 bits per heavy atom. The van der Waals surface area contributed by atoms with E-state index in [2.05, 4.69) is 20.2 Å². The molecule has 0 aliphatic heterocycles. The number of ether oxygens (including phenoxy) is 1. The number of benzene rings is 1. The van der Waals surface area contributed by atoms with Crippen LogP contribution in [0.2, 0.25) is 0 Å². The van der Waals surface area contributed by atoms with Gasteiger partial charge in [-0.1, -0.05) is 11.2 Å². The molecule has 1 aromatic carbocycles. The maximum atomic E-state index is 11.5. The number of hydrogen-bond acceptors (Lipinski definition) is 6. The molecule has 19 heavy (non-hydrogen) atoms. The van der Waals surface area contributed by atoms with Crippen LogP contribution in [0.4, 0.5) is 5.69 Å². The summed E-state index contributed by atoms with van der Waals surface area (Å²) in [6, 6.07) is 5.32. The second-order valence-corrected chi connectivity index (χ2v) is 4.11.